The van der Waals surface area contributed by atoms with Crippen LogP contribution < -0.4 is 10.1 Å². The van der Waals surface area contributed by atoms with E-state index < -0.39 is 0 Å². The Bertz CT molecular complexity index is 1240. The van der Waals surface area contributed by atoms with Crippen molar-refractivity contribution >= 4 is 22.0 Å². The van der Waals surface area contributed by atoms with E-state index in [2.05, 4.69) is 65.5 Å². The summed E-state index contributed by atoms with van der Waals surface area (Å²) in [5.74, 6) is 0.843. The Kier molecular flexibility index (Phi) is 5.00. The molecular formula is C27H25N3O. The van der Waals surface area contributed by atoms with E-state index in [0.717, 1.165) is 28.9 Å². The molecule has 154 valence electrons. The van der Waals surface area contributed by atoms with Crippen molar-refractivity contribution in [2.24, 2.45) is 0 Å². The van der Waals surface area contributed by atoms with E-state index >= 15 is 0 Å². The fourth-order valence-electron chi connectivity index (χ4n) is 4.26. The molecule has 2 aromatic heterocycles. The van der Waals surface area contributed by atoms with Gasteiger partial charge in [0.15, 0.2) is 0 Å². The van der Waals surface area contributed by atoms with Gasteiger partial charge in [-0.25, -0.2) is 4.98 Å². The molecule has 0 amide bonds. The topological polar surface area (TPSA) is 47.0 Å². The first kappa shape index (κ1) is 19.5. The molecule has 0 fully saturated rings. The lowest BCUT2D eigenvalue weighted by Crippen LogP contribution is -2.35. The van der Waals surface area contributed by atoms with Crippen molar-refractivity contribution in [1.29, 1.82) is 0 Å². The minimum atomic E-state index is -0.0897. The van der Waals surface area contributed by atoms with E-state index in [9.17, 15) is 0 Å². The largest absolute Gasteiger partial charge is 0.487 e. The zero-order valence-corrected chi connectivity index (χ0v) is 17.8. The van der Waals surface area contributed by atoms with Crippen molar-refractivity contribution in [3.05, 3.63) is 102 Å². The highest BCUT2D eigenvalue weighted by Crippen LogP contribution is 2.39. The minimum Gasteiger partial charge on any atom is -0.487 e. The van der Waals surface area contributed by atoms with Crippen molar-refractivity contribution in [3.8, 4) is 5.75 Å². The second-order valence-electron chi connectivity index (χ2n) is 8.38. The number of benzene rings is 2. The molecule has 1 aliphatic heterocycles. The molecule has 3 heterocycles. The normalized spacial score (nSPS) is 15.4. The summed E-state index contributed by atoms with van der Waals surface area (Å²) >= 11 is 0. The van der Waals surface area contributed by atoms with E-state index in [0.29, 0.717) is 6.61 Å². The van der Waals surface area contributed by atoms with Gasteiger partial charge in [0.05, 0.1) is 11.2 Å². The van der Waals surface area contributed by atoms with E-state index in [-0.39, 0.29) is 5.54 Å². The van der Waals surface area contributed by atoms with Gasteiger partial charge in [-0.2, -0.15) is 0 Å². The van der Waals surface area contributed by atoms with Gasteiger partial charge in [-0.15, -0.1) is 0 Å². The molecule has 0 spiro atoms. The molecule has 0 aliphatic carbocycles. The maximum atomic E-state index is 6.01. The van der Waals surface area contributed by atoms with Crippen LogP contribution in [0.4, 0.5) is 0 Å². The summed E-state index contributed by atoms with van der Waals surface area (Å²) in [5.41, 5.74) is 6.89. The fraction of sp³-hybridized carbons (Fsp3) is 0.185. The number of nitrogens with zero attached hydrogens (tertiary/aromatic N) is 2. The highest BCUT2D eigenvalue weighted by Gasteiger charge is 2.33. The average Bonchev–Trinajstić information content (AvgIpc) is 3.13. The molecule has 2 aromatic carbocycles. The number of hydrogen-bond donors (Lipinski definition) is 1. The van der Waals surface area contributed by atoms with Crippen molar-refractivity contribution in [3.63, 3.8) is 0 Å². The number of nitrogens with one attached hydrogen (secondary N) is 1. The van der Waals surface area contributed by atoms with Gasteiger partial charge >= 0.3 is 0 Å². The second kappa shape index (κ2) is 7.97. The second-order valence-corrected chi connectivity index (χ2v) is 8.38. The molecule has 0 unspecified atom stereocenters. The van der Waals surface area contributed by atoms with Crippen LogP contribution >= 0.6 is 0 Å². The number of pyridine rings is 2. The van der Waals surface area contributed by atoms with E-state index in [1.54, 1.807) is 0 Å². The molecule has 4 heteroatoms. The molecule has 0 radical (unpaired) electrons. The lowest BCUT2D eigenvalue weighted by molar-refractivity contribution is 0.302. The first-order valence-corrected chi connectivity index (χ1v) is 10.6. The highest BCUT2D eigenvalue weighted by atomic mass is 16.5. The first-order chi connectivity index (χ1) is 15.1. The number of ether oxygens (including phenoxy) is 1. The lowest BCUT2D eigenvalue weighted by atomic mass is 9.86. The van der Waals surface area contributed by atoms with Crippen LogP contribution in [0.1, 0.15) is 30.7 Å². The molecule has 0 saturated heterocycles. The Hall–Kier alpha value is -3.50. The predicted molar refractivity (Wildman–Crippen MR) is 126 cm³/mol. The molecule has 0 atom stereocenters. The predicted octanol–water partition coefficient (Wildman–Crippen LogP) is 5.50. The van der Waals surface area contributed by atoms with E-state index in [1.807, 2.05) is 48.8 Å². The summed E-state index contributed by atoms with van der Waals surface area (Å²) in [4.78, 5) is 8.86. The molecule has 31 heavy (non-hydrogen) atoms. The monoisotopic (exact) mass is 407 g/mol. The Balaban J connectivity index is 1.36. The molecular weight excluding hydrogens is 382 g/mol. The van der Waals surface area contributed by atoms with Gasteiger partial charge in [0.2, 0.25) is 0 Å². The highest BCUT2D eigenvalue weighted by molar-refractivity contribution is 5.97. The first-order valence-electron chi connectivity index (χ1n) is 10.6. The summed E-state index contributed by atoms with van der Waals surface area (Å²) in [6, 6.07) is 24.8. The van der Waals surface area contributed by atoms with Gasteiger partial charge < -0.3 is 10.1 Å². The number of aromatic nitrogens is 2. The molecule has 1 aliphatic rings. The van der Waals surface area contributed by atoms with Gasteiger partial charge in [-0.1, -0.05) is 36.4 Å². The zero-order valence-electron chi connectivity index (χ0n) is 17.8. The van der Waals surface area contributed by atoms with Gasteiger partial charge in [0.1, 0.15) is 12.4 Å². The van der Waals surface area contributed by atoms with Gasteiger partial charge in [0.25, 0.3) is 0 Å². The van der Waals surface area contributed by atoms with Gasteiger partial charge in [0, 0.05) is 29.9 Å². The Morgan fingerprint density at radius 1 is 0.871 bits per heavy atom. The standard InChI is InChI=1S/C27H25N3O/c1-27(2)26(21-13-15-28-16-14-21)24(17-29-27)19-8-11-23(12-9-19)31-18-22-10-7-20-5-3-4-6-25(20)30-22/h3-16,29H,17-18H2,1-2H3. The number of hydrogen-bond acceptors (Lipinski definition) is 4. The summed E-state index contributed by atoms with van der Waals surface area (Å²) < 4.78 is 6.01. The van der Waals surface area contributed by atoms with Gasteiger partial charge in [-0.3, -0.25) is 4.98 Å². The third kappa shape index (κ3) is 3.94. The van der Waals surface area contributed by atoms with E-state index in [1.165, 1.54) is 22.3 Å². The fourth-order valence-corrected chi connectivity index (χ4v) is 4.26. The molecule has 0 saturated carbocycles. The average molecular weight is 408 g/mol. The number of rotatable bonds is 5. The van der Waals surface area contributed by atoms with Crippen LogP contribution in [0.25, 0.3) is 22.0 Å². The van der Waals surface area contributed by atoms with Crippen molar-refractivity contribution in [2.45, 2.75) is 26.0 Å². The van der Waals surface area contributed by atoms with Crippen molar-refractivity contribution in [1.82, 2.24) is 15.3 Å². The number of para-hydroxylation sites is 1. The summed E-state index contributed by atoms with van der Waals surface area (Å²) in [6.45, 7) is 5.74. The van der Waals surface area contributed by atoms with Crippen LogP contribution in [0.2, 0.25) is 0 Å². The van der Waals surface area contributed by atoms with Crippen LogP contribution in [0.5, 0.6) is 5.75 Å². The van der Waals surface area contributed by atoms with Crippen LogP contribution in [-0.2, 0) is 6.61 Å². The third-order valence-electron chi connectivity index (χ3n) is 5.85. The Morgan fingerprint density at radius 2 is 1.65 bits per heavy atom. The van der Waals surface area contributed by atoms with E-state index in [4.69, 9.17) is 4.74 Å². The SMILES string of the molecule is CC1(C)NCC(c2ccc(OCc3ccc4ccccc4n3)cc2)=C1c1ccncc1. The van der Waals surface area contributed by atoms with Crippen LogP contribution in [0, 0.1) is 0 Å². The quantitative estimate of drug-likeness (QED) is 0.474. The molecule has 1 N–H and O–H groups in total. The van der Waals surface area contributed by atoms with Crippen LogP contribution in [-0.4, -0.2) is 22.1 Å². The third-order valence-corrected chi connectivity index (χ3v) is 5.85. The van der Waals surface area contributed by atoms with Crippen molar-refractivity contribution < 1.29 is 4.74 Å². The zero-order chi connectivity index (χ0) is 21.3. The minimum absolute atomic E-state index is 0.0897. The smallest absolute Gasteiger partial charge is 0.130 e. The summed E-state index contributed by atoms with van der Waals surface area (Å²) in [5, 5.41) is 4.78. The van der Waals surface area contributed by atoms with Crippen molar-refractivity contribution in [2.75, 3.05) is 6.54 Å². The Labute approximate surface area is 182 Å². The van der Waals surface area contributed by atoms with Crippen LogP contribution in [0.15, 0.2) is 85.2 Å². The summed E-state index contributed by atoms with van der Waals surface area (Å²) in [7, 11) is 0. The maximum absolute atomic E-state index is 6.01. The van der Waals surface area contributed by atoms with Crippen LogP contribution in [0.3, 0.4) is 0 Å². The lowest BCUT2D eigenvalue weighted by Gasteiger charge is -2.23. The number of fused-ring (bicyclic) bond motifs is 1. The molecule has 4 aromatic rings. The summed E-state index contributed by atoms with van der Waals surface area (Å²) in [6.07, 6.45) is 3.71. The Morgan fingerprint density at radius 3 is 2.45 bits per heavy atom. The molecule has 0 bridgehead atoms. The maximum Gasteiger partial charge on any atom is 0.130 e. The molecule has 5 rings (SSSR count). The van der Waals surface area contributed by atoms with Gasteiger partial charge in [-0.05, 0) is 72.5 Å². The molecule has 4 nitrogen and oxygen atoms in total.